The Labute approximate surface area is 127 Å². The van der Waals surface area contributed by atoms with Gasteiger partial charge in [0.05, 0.1) is 5.60 Å². The van der Waals surface area contributed by atoms with Crippen molar-refractivity contribution in [3.05, 3.63) is 0 Å². The van der Waals surface area contributed by atoms with Crippen molar-refractivity contribution in [1.82, 2.24) is 5.32 Å². The first-order valence-corrected chi connectivity index (χ1v) is 9.07. The van der Waals surface area contributed by atoms with Crippen LogP contribution in [0.2, 0.25) is 0 Å². The molecule has 1 saturated carbocycles. The molecule has 0 radical (unpaired) electrons. The van der Waals surface area contributed by atoms with E-state index in [4.69, 9.17) is 4.74 Å². The fourth-order valence-corrected chi connectivity index (χ4v) is 3.18. The zero-order valence-electron chi connectivity index (χ0n) is 14.2. The summed E-state index contributed by atoms with van der Waals surface area (Å²) >= 11 is 0. The molecule has 20 heavy (non-hydrogen) atoms. The second-order valence-electron chi connectivity index (χ2n) is 6.76. The van der Waals surface area contributed by atoms with E-state index in [9.17, 15) is 0 Å². The molecule has 0 heterocycles. The van der Waals surface area contributed by atoms with Gasteiger partial charge >= 0.3 is 0 Å². The fourth-order valence-electron chi connectivity index (χ4n) is 3.18. The quantitative estimate of drug-likeness (QED) is 0.543. The lowest BCUT2D eigenvalue weighted by Crippen LogP contribution is -2.46. The van der Waals surface area contributed by atoms with Crippen LogP contribution in [0.1, 0.15) is 85.0 Å². The predicted molar refractivity (Wildman–Crippen MR) is 88.2 cm³/mol. The molecule has 0 unspecified atom stereocenters. The van der Waals surface area contributed by atoms with Crippen molar-refractivity contribution in [2.24, 2.45) is 5.92 Å². The number of rotatable bonds is 11. The lowest BCUT2D eigenvalue weighted by Gasteiger charge is -2.39. The molecular weight excluding hydrogens is 246 g/mol. The second kappa shape index (κ2) is 10.6. The fraction of sp³-hybridized carbons (Fsp3) is 1.00. The van der Waals surface area contributed by atoms with Crippen LogP contribution in [0.5, 0.6) is 0 Å². The molecule has 1 aliphatic rings. The van der Waals surface area contributed by atoms with Gasteiger partial charge in [-0.3, -0.25) is 0 Å². The summed E-state index contributed by atoms with van der Waals surface area (Å²) in [6.45, 7) is 9.91. The first-order valence-electron chi connectivity index (χ1n) is 9.07. The Morgan fingerprint density at radius 2 is 1.65 bits per heavy atom. The minimum absolute atomic E-state index is 0.145. The zero-order chi connectivity index (χ0) is 14.7. The van der Waals surface area contributed by atoms with Gasteiger partial charge in [0, 0.05) is 13.2 Å². The maximum Gasteiger partial charge on any atom is 0.0806 e. The van der Waals surface area contributed by atoms with Gasteiger partial charge in [0.2, 0.25) is 0 Å². The molecule has 0 aromatic rings. The Morgan fingerprint density at radius 3 is 2.30 bits per heavy atom. The van der Waals surface area contributed by atoms with Crippen molar-refractivity contribution in [2.75, 3.05) is 19.7 Å². The Bertz CT molecular complexity index is 216. The highest BCUT2D eigenvalue weighted by molar-refractivity contribution is 4.88. The highest BCUT2D eigenvalue weighted by atomic mass is 16.5. The van der Waals surface area contributed by atoms with Gasteiger partial charge in [-0.05, 0) is 44.6 Å². The molecule has 1 N–H and O–H groups in total. The van der Waals surface area contributed by atoms with Crippen LogP contribution < -0.4 is 5.32 Å². The minimum atomic E-state index is 0.145. The summed E-state index contributed by atoms with van der Waals surface area (Å²) in [5.74, 6) is 0.891. The number of nitrogens with one attached hydrogen (secondary N) is 1. The van der Waals surface area contributed by atoms with E-state index in [0.717, 1.165) is 25.6 Å². The first kappa shape index (κ1) is 18.0. The molecule has 1 rings (SSSR count). The molecule has 2 heteroatoms. The van der Waals surface area contributed by atoms with Crippen molar-refractivity contribution >= 4 is 0 Å². The van der Waals surface area contributed by atoms with Crippen LogP contribution in [0.4, 0.5) is 0 Å². The summed E-state index contributed by atoms with van der Waals surface area (Å²) in [7, 11) is 0. The van der Waals surface area contributed by atoms with E-state index in [1.54, 1.807) is 0 Å². The molecule has 120 valence electrons. The molecule has 1 aliphatic carbocycles. The highest BCUT2D eigenvalue weighted by Gasteiger charge is 2.34. The monoisotopic (exact) mass is 283 g/mol. The van der Waals surface area contributed by atoms with Crippen LogP contribution in [0.15, 0.2) is 0 Å². The van der Waals surface area contributed by atoms with E-state index in [1.807, 2.05) is 0 Å². The van der Waals surface area contributed by atoms with E-state index < -0.39 is 0 Å². The Balaban J connectivity index is 2.20. The van der Waals surface area contributed by atoms with Gasteiger partial charge in [-0.2, -0.15) is 0 Å². The zero-order valence-corrected chi connectivity index (χ0v) is 14.2. The molecule has 1 fully saturated rings. The van der Waals surface area contributed by atoms with Crippen LogP contribution in [-0.4, -0.2) is 25.3 Å². The van der Waals surface area contributed by atoms with Crippen molar-refractivity contribution in [3.8, 4) is 0 Å². The summed E-state index contributed by atoms with van der Waals surface area (Å²) in [5.41, 5.74) is 0.145. The van der Waals surface area contributed by atoms with Crippen molar-refractivity contribution in [2.45, 2.75) is 90.6 Å². The first-order chi connectivity index (χ1) is 9.72. The van der Waals surface area contributed by atoms with Gasteiger partial charge in [-0.1, -0.05) is 52.9 Å². The average molecular weight is 284 g/mol. The third kappa shape index (κ3) is 7.08. The van der Waals surface area contributed by atoms with Crippen molar-refractivity contribution in [3.63, 3.8) is 0 Å². The predicted octanol–water partition coefficient (Wildman–Crippen LogP) is 4.92. The molecule has 0 aliphatic heterocycles. The summed E-state index contributed by atoms with van der Waals surface area (Å²) < 4.78 is 6.37. The summed E-state index contributed by atoms with van der Waals surface area (Å²) in [6.07, 6.45) is 13.3. The van der Waals surface area contributed by atoms with Gasteiger partial charge in [0.1, 0.15) is 0 Å². The minimum Gasteiger partial charge on any atom is -0.374 e. The molecule has 0 bridgehead atoms. The van der Waals surface area contributed by atoms with E-state index >= 15 is 0 Å². The maximum absolute atomic E-state index is 6.37. The Morgan fingerprint density at radius 1 is 1.00 bits per heavy atom. The molecule has 2 nitrogen and oxygen atoms in total. The van der Waals surface area contributed by atoms with Crippen molar-refractivity contribution < 1.29 is 4.74 Å². The van der Waals surface area contributed by atoms with Crippen LogP contribution in [-0.2, 0) is 4.74 Å². The molecule has 0 atom stereocenters. The number of likely N-dealkylation sites (N-methyl/N-ethyl adjacent to an activating group) is 1. The molecule has 0 saturated heterocycles. The molecule has 0 aromatic carbocycles. The normalized spacial score (nSPS) is 26.9. The Kier molecular flexibility index (Phi) is 9.54. The van der Waals surface area contributed by atoms with Crippen LogP contribution in [0.25, 0.3) is 0 Å². The van der Waals surface area contributed by atoms with E-state index in [-0.39, 0.29) is 5.60 Å². The largest absolute Gasteiger partial charge is 0.374 e. The topological polar surface area (TPSA) is 21.3 Å². The van der Waals surface area contributed by atoms with Crippen LogP contribution in [0.3, 0.4) is 0 Å². The number of hydrogen-bond acceptors (Lipinski definition) is 2. The van der Waals surface area contributed by atoms with Gasteiger partial charge in [0.25, 0.3) is 0 Å². The molecular formula is C18H37NO. The lowest BCUT2D eigenvalue weighted by molar-refractivity contribution is -0.0760. The van der Waals surface area contributed by atoms with Gasteiger partial charge < -0.3 is 10.1 Å². The smallest absolute Gasteiger partial charge is 0.0806 e. The Hall–Kier alpha value is -0.0800. The van der Waals surface area contributed by atoms with Gasteiger partial charge in [-0.25, -0.2) is 0 Å². The third-order valence-corrected chi connectivity index (χ3v) is 4.79. The average Bonchev–Trinajstić information content (AvgIpc) is 2.47. The number of unbranched alkanes of at least 4 members (excludes halogenated alkanes) is 5. The standard InChI is InChI=1S/C18H37NO/c1-4-6-7-8-9-10-15-20-18(16-19-5-2)13-11-17(3)12-14-18/h17,19H,4-16H2,1-3H3. The van der Waals surface area contributed by atoms with E-state index in [0.29, 0.717) is 0 Å². The molecule has 0 spiro atoms. The maximum atomic E-state index is 6.37. The summed E-state index contributed by atoms with van der Waals surface area (Å²) in [6, 6.07) is 0. The third-order valence-electron chi connectivity index (χ3n) is 4.79. The van der Waals surface area contributed by atoms with Gasteiger partial charge in [0.15, 0.2) is 0 Å². The SMILES string of the molecule is CCCCCCCCOC1(CNCC)CCC(C)CC1. The van der Waals surface area contributed by atoms with Gasteiger partial charge in [-0.15, -0.1) is 0 Å². The van der Waals surface area contributed by atoms with Crippen LogP contribution >= 0.6 is 0 Å². The van der Waals surface area contributed by atoms with Crippen LogP contribution in [0, 0.1) is 5.92 Å². The number of hydrogen-bond donors (Lipinski definition) is 1. The number of ether oxygens (including phenoxy) is 1. The van der Waals surface area contributed by atoms with E-state index in [2.05, 4.69) is 26.1 Å². The summed E-state index contributed by atoms with van der Waals surface area (Å²) in [4.78, 5) is 0. The van der Waals surface area contributed by atoms with Crippen molar-refractivity contribution in [1.29, 1.82) is 0 Å². The second-order valence-corrected chi connectivity index (χ2v) is 6.76. The molecule has 0 amide bonds. The summed E-state index contributed by atoms with van der Waals surface area (Å²) in [5, 5.41) is 3.52. The lowest BCUT2D eigenvalue weighted by atomic mass is 9.79. The van der Waals surface area contributed by atoms with E-state index in [1.165, 1.54) is 64.2 Å². The molecule has 0 aromatic heterocycles. The highest BCUT2D eigenvalue weighted by Crippen LogP contribution is 2.34.